The molecule has 0 amide bonds. The van der Waals surface area contributed by atoms with Crippen molar-refractivity contribution in [3.8, 4) is 0 Å². The molecule has 1 aromatic rings. The Morgan fingerprint density at radius 1 is 1.08 bits per heavy atom. The van der Waals surface area contributed by atoms with Crippen LogP contribution in [0.1, 0.15) is 53.4 Å². The second-order valence-corrected chi connectivity index (χ2v) is 11.1. The third-order valence-electron chi connectivity index (χ3n) is 5.71. The summed E-state index contributed by atoms with van der Waals surface area (Å²) in [5.74, 6) is 0. The van der Waals surface area contributed by atoms with Crippen molar-refractivity contribution in [3.63, 3.8) is 0 Å². The highest BCUT2D eigenvalue weighted by Crippen LogP contribution is 2.29. The SMILES string of the molecule is CC1CCCN1C1CCN(c2ccc(S(=O)(=O)C(C)(C)C)nc2)CC1. The highest BCUT2D eigenvalue weighted by atomic mass is 32.2. The van der Waals surface area contributed by atoms with Crippen molar-refractivity contribution in [1.29, 1.82) is 0 Å². The molecule has 3 heterocycles. The summed E-state index contributed by atoms with van der Waals surface area (Å²) in [7, 11) is -3.39. The molecule has 1 unspecified atom stereocenters. The predicted octanol–water partition coefficient (Wildman–Crippen LogP) is 3.11. The van der Waals surface area contributed by atoms with Crippen molar-refractivity contribution in [2.45, 2.75) is 75.2 Å². The van der Waals surface area contributed by atoms with E-state index in [0.29, 0.717) is 6.04 Å². The predicted molar refractivity (Wildman–Crippen MR) is 102 cm³/mol. The normalized spacial score (nSPS) is 24.0. The fourth-order valence-corrected chi connectivity index (χ4v) is 5.05. The first-order valence-electron chi connectivity index (χ1n) is 9.41. The molecule has 0 aliphatic carbocycles. The minimum absolute atomic E-state index is 0.171. The van der Waals surface area contributed by atoms with Gasteiger partial charge in [-0.25, -0.2) is 13.4 Å². The van der Waals surface area contributed by atoms with Crippen molar-refractivity contribution in [2.24, 2.45) is 0 Å². The fourth-order valence-electron chi connectivity index (χ4n) is 3.99. The summed E-state index contributed by atoms with van der Waals surface area (Å²) in [5.41, 5.74) is 1.03. The second-order valence-electron chi connectivity index (χ2n) is 8.42. The Morgan fingerprint density at radius 2 is 1.76 bits per heavy atom. The van der Waals surface area contributed by atoms with Crippen LogP contribution in [-0.2, 0) is 9.84 Å². The van der Waals surface area contributed by atoms with Crippen molar-refractivity contribution >= 4 is 15.5 Å². The van der Waals surface area contributed by atoms with E-state index >= 15 is 0 Å². The van der Waals surface area contributed by atoms with Crippen LogP contribution in [0.3, 0.4) is 0 Å². The van der Waals surface area contributed by atoms with Gasteiger partial charge in [0.15, 0.2) is 14.9 Å². The zero-order chi connectivity index (χ0) is 18.2. The summed E-state index contributed by atoms with van der Waals surface area (Å²) in [6.45, 7) is 10.7. The van der Waals surface area contributed by atoms with E-state index in [1.54, 1.807) is 33.0 Å². The molecule has 0 N–H and O–H groups in total. The maximum absolute atomic E-state index is 12.5. The summed E-state index contributed by atoms with van der Waals surface area (Å²) in [6.07, 6.45) is 6.72. The Labute approximate surface area is 152 Å². The van der Waals surface area contributed by atoms with Gasteiger partial charge in [0.2, 0.25) is 0 Å². The molecule has 0 saturated carbocycles. The van der Waals surface area contributed by atoms with E-state index in [1.807, 2.05) is 6.07 Å². The van der Waals surface area contributed by atoms with Gasteiger partial charge in [0.25, 0.3) is 0 Å². The smallest absolute Gasteiger partial charge is 0.200 e. The number of rotatable bonds is 3. The van der Waals surface area contributed by atoms with Crippen LogP contribution in [0.2, 0.25) is 0 Å². The van der Waals surface area contributed by atoms with Gasteiger partial charge in [0.1, 0.15) is 0 Å². The molecular formula is C19H31N3O2S. The van der Waals surface area contributed by atoms with Gasteiger partial charge in [0.05, 0.1) is 16.6 Å². The lowest BCUT2D eigenvalue weighted by Crippen LogP contribution is -2.46. The van der Waals surface area contributed by atoms with E-state index in [0.717, 1.165) is 24.8 Å². The van der Waals surface area contributed by atoms with Crippen LogP contribution in [0.5, 0.6) is 0 Å². The second kappa shape index (κ2) is 6.88. The van der Waals surface area contributed by atoms with E-state index < -0.39 is 14.6 Å². The summed E-state index contributed by atoms with van der Waals surface area (Å²) < 4.78 is 24.1. The largest absolute Gasteiger partial charge is 0.370 e. The van der Waals surface area contributed by atoms with Crippen molar-refractivity contribution in [3.05, 3.63) is 18.3 Å². The highest BCUT2D eigenvalue weighted by Gasteiger charge is 2.33. The molecule has 5 nitrogen and oxygen atoms in total. The summed E-state index contributed by atoms with van der Waals surface area (Å²) in [5, 5.41) is 0.171. The Bertz CT molecular complexity index is 686. The lowest BCUT2D eigenvalue weighted by atomic mass is 10.0. The van der Waals surface area contributed by atoms with Crippen LogP contribution in [0, 0.1) is 0 Å². The standard InChI is InChI=1S/C19H31N3O2S/c1-15-6-5-11-22(15)16-9-12-21(13-10-16)17-7-8-18(20-14-17)25(23,24)19(2,3)4/h7-8,14-16H,5-6,9-13H2,1-4H3. The van der Waals surface area contributed by atoms with E-state index in [1.165, 1.54) is 32.2 Å². The van der Waals surface area contributed by atoms with Gasteiger partial charge in [-0.1, -0.05) is 0 Å². The number of pyridine rings is 1. The first-order valence-corrected chi connectivity index (χ1v) is 10.9. The summed E-state index contributed by atoms with van der Waals surface area (Å²) >= 11 is 0. The van der Waals surface area contributed by atoms with Gasteiger partial charge in [-0.3, -0.25) is 4.90 Å². The lowest BCUT2D eigenvalue weighted by Gasteiger charge is -2.39. The summed E-state index contributed by atoms with van der Waals surface area (Å²) in [6, 6.07) is 4.98. The van der Waals surface area contributed by atoms with Crippen LogP contribution in [-0.4, -0.2) is 54.8 Å². The zero-order valence-corrected chi connectivity index (χ0v) is 16.7. The Hall–Kier alpha value is -1.14. The molecule has 25 heavy (non-hydrogen) atoms. The minimum Gasteiger partial charge on any atom is -0.370 e. The third kappa shape index (κ3) is 3.70. The van der Waals surface area contributed by atoms with Crippen LogP contribution in [0.15, 0.2) is 23.4 Å². The maximum Gasteiger partial charge on any atom is 0.200 e. The number of likely N-dealkylation sites (tertiary alicyclic amines) is 1. The van der Waals surface area contributed by atoms with Gasteiger partial charge in [-0.15, -0.1) is 0 Å². The molecule has 0 bridgehead atoms. The summed E-state index contributed by atoms with van der Waals surface area (Å²) in [4.78, 5) is 9.27. The molecule has 1 aromatic heterocycles. The average Bonchev–Trinajstić information content (AvgIpc) is 3.00. The van der Waals surface area contributed by atoms with E-state index in [9.17, 15) is 8.42 Å². The molecule has 1 atom stereocenters. The maximum atomic E-state index is 12.5. The molecule has 2 aliphatic heterocycles. The molecule has 0 aromatic carbocycles. The van der Waals surface area contributed by atoms with Gasteiger partial charge in [-0.05, 0) is 72.1 Å². The monoisotopic (exact) mass is 365 g/mol. The quantitative estimate of drug-likeness (QED) is 0.824. The molecule has 0 radical (unpaired) electrons. The number of aromatic nitrogens is 1. The topological polar surface area (TPSA) is 53.5 Å². The van der Waals surface area contributed by atoms with Crippen molar-refractivity contribution < 1.29 is 8.42 Å². The van der Waals surface area contributed by atoms with Crippen molar-refractivity contribution in [1.82, 2.24) is 9.88 Å². The number of hydrogen-bond donors (Lipinski definition) is 0. The molecule has 2 saturated heterocycles. The Morgan fingerprint density at radius 3 is 2.24 bits per heavy atom. The van der Waals surface area contributed by atoms with Gasteiger partial charge in [-0.2, -0.15) is 0 Å². The number of hydrogen-bond acceptors (Lipinski definition) is 5. The van der Waals surface area contributed by atoms with E-state index in [4.69, 9.17) is 0 Å². The van der Waals surface area contributed by atoms with Gasteiger partial charge < -0.3 is 4.90 Å². The van der Waals surface area contributed by atoms with Crippen LogP contribution >= 0.6 is 0 Å². The molecular weight excluding hydrogens is 334 g/mol. The highest BCUT2D eigenvalue weighted by molar-refractivity contribution is 7.92. The first-order chi connectivity index (χ1) is 11.7. The zero-order valence-electron chi connectivity index (χ0n) is 15.9. The van der Waals surface area contributed by atoms with Gasteiger partial charge >= 0.3 is 0 Å². The lowest BCUT2D eigenvalue weighted by molar-refractivity contribution is 0.163. The van der Waals surface area contributed by atoms with E-state index in [2.05, 4.69) is 21.7 Å². The Kier molecular flexibility index (Phi) is 5.13. The van der Waals surface area contributed by atoms with E-state index in [-0.39, 0.29) is 5.03 Å². The molecule has 140 valence electrons. The van der Waals surface area contributed by atoms with Crippen molar-refractivity contribution in [2.75, 3.05) is 24.5 Å². The van der Waals surface area contributed by atoms with Crippen LogP contribution in [0.25, 0.3) is 0 Å². The third-order valence-corrected chi connectivity index (χ3v) is 8.11. The molecule has 6 heteroatoms. The first kappa shape index (κ1) is 18.6. The van der Waals surface area contributed by atoms with Crippen LogP contribution in [0.4, 0.5) is 5.69 Å². The number of sulfone groups is 1. The molecule has 2 fully saturated rings. The molecule has 3 rings (SSSR count). The van der Waals surface area contributed by atoms with Gasteiger partial charge in [0, 0.05) is 25.2 Å². The molecule has 0 spiro atoms. The fraction of sp³-hybridized carbons (Fsp3) is 0.737. The number of piperidine rings is 1. The average molecular weight is 366 g/mol. The number of anilines is 1. The molecule has 2 aliphatic rings. The minimum atomic E-state index is -3.39. The number of nitrogens with zero attached hydrogens (tertiary/aromatic N) is 3. The Balaban J connectivity index is 1.64. The van der Waals surface area contributed by atoms with Crippen LogP contribution < -0.4 is 4.90 Å².